The first-order valence-corrected chi connectivity index (χ1v) is 9.41. The van der Waals surface area contributed by atoms with E-state index in [2.05, 4.69) is 10.2 Å². The zero-order chi connectivity index (χ0) is 16.6. The molecule has 1 aromatic rings. The predicted octanol–water partition coefficient (Wildman–Crippen LogP) is 1.29. The monoisotopic (exact) mass is 337 g/mol. The third-order valence-electron chi connectivity index (χ3n) is 4.69. The van der Waals surface area contributed by atoms with E-state index in [1.807, 2.05) is 14.1 Å². The van der Waals surface area contributed by atoms with Crippen LogP contribution in [0.4, 0.5) is 5.69 Å². The lowest BCUT2D eigenvalue weighted by Crippen LogP contribution is -2.34. The topological polar surface area (TPSA) is 69.7 Å². The molecule has 0 bridgehead atoms. The average molecular weight is 337 g/mol. The van der Waals surface area contributed by atoms with Gasteiger partial charge in [0.05, 0.1) is 4.90 Å². The van der Waals surface area contributed by atoms with E-state index in [-0.39, 0.29) is 11.9 Å². The maximum atomic E-state index is 12.9. The van der Waals surface area contributed by atoms with Crippen molar-refractivity contribution in [2.24, 2.45) is 0 Å². The van der Waals surface area contributed by atoms with Crippen LogP contribution in [-0.4, -0.2) is 56.8 Å². The molecule has 7 heteroatoms. The molecule has 1 amide bonds. The number of rotatable bonds is 3. The number of carbonyl (C=O) groups is 1. The van der Waals surface area contributed by atoms with Crippen molar-refractivity contribution in [3.8, 4) is 0 Å². The summed E-state index contributed by atoms with van der Waals surface area (Å²) in [5, 5.41) is 2.84. The number of anilines is 1. The first kappa shape index (κ1) is 16.4. The van der Waals surface area contributed by atoms with Crippen molar-refractivity contribution in [2.75, 3.05) is 32.5 Å². The Morgan fingerprint density at radius 1 is 1.26 bits per heavy atom. The Balaban J connectivity index is 1.87. The average Bonchev–Trinajstić information content (AvgIpc) is 2.92. The van der Waals surface area contributed by atoms with Crippen molar-refractivity contribution in [1.29, 1.82) is 0 Å². The van der Waals surface area contributed by atoms with Crippen LogP contribution in [0.3, 0.4) is 0 Å². The molecule has 1 N–H and O–H groups in total. The van der Waals surface area contributed by atoms with Crippen LogP contribution in [0.1, 0.15) is 24.8 Å². The van der Waals surface area contributed by atoms with Crippen molar-refractivity contribution in [3.63, 3.8) is 0 Å². The lowest BCUT2D eigenvalue weighted by Gasteiger charge is -2.20. The lowest BCUT2D eigenvalue weighted by molar-refractivity contribution is -0.116. The minimum atomic E-state index is -3.47. The second kappa shape index (κ2) is 6.22. The Kier molecular flexibility index (Phi) is 4.44. The first-order chi connectivity index (χ1) is 10.9. The number of fused-ring (bicyclic) bond motifs is 1. The summed E-state index contributed by atoms with van der Waals surface area (Å²) in [6, 6.07) is 5.30. The van der Waals surface area contributed by atoms with Crippen molar-refractivity contribution >= 4 is 21.6 Å². The Labute approximate surface area is 137 Å². The maximum absolute atomic E-state index is 12.9. The normalized spacial score (nSPS) is 22.7. The number of sulfonamides is 1. The van der Waals surface area contributed by atoms with Crippen LogP contribution >= 0.6 is 0 Å². The van der Waals surface area contributed by atoms with E-state index in [4.69, 9.17) is 0 Å². The molecule has 1 fully saturated rings. The van der Waals surface area contributed by atoms with Crippen LogP contribution in [0.5, 0.6) is 0 Å². The summed E-state index contributed by atoms with van der Waals surface area (Å²) >= 11 is 0. The summed E-state index contributed by atoms with van der Waals surface area (Å²) in [4.78, 5) is 14.0. The van der Waals surface area contributed by atoms with E-state index < -0.39 is 10.0 Å². The minimum Gasteiger partial charge on any atom is -0.326 e. The standard InChI is InChI=1S/C16H23N3O3S/c1-18(2)13-8-9-19(11-13)23(21,22)14-6-7-15-12(10-14)4-3-5-16(20)17-15/h6-7,10,13H,3-5,8-9,11H2,1-2H3,(H,17,20). The third-order valence-corrected chi connectivity index (χ3v) is 6.56. The van der Waals surface area contributed by atoms with Crippen LogP contribution < -0.4 is 5.32 Å². The second-order valence-corrected chi connectivity index (χ2v) is 8.43. The highest BCUT2D eigenvalue weighted by atomic mass is 32.2. The second-order valence-electron chi connectivity index (χ2n) is 6.49. The number of amides is 1. The number of carbonyl (C=O) groups excluding carboxylic acids is 1. The van der Waals surface area contributed by atoms with Crippen LogP contribution in [-0.2, 0) is 21.2 Å². The van der Waals surface area contributed by atoms with Gasteiger partial charge in [0.2, 0.25) is 15.9 Å². The number of hydrogen-bond donors (Lipinski definition) is 1. The molecule has 3 rings (SSSR count). The number of nitrogens with one attached hydrogen (secondary N) is 1. The van der Waals surface area contributed by atoms with Crippen LogP contribution in [0.15, 0.2) is 23.1 Å². The molecular formula is C16H23N3O3S. The molecule has 6 nitrogen and oxygen atoms in total. The van der Waals surface area contributed by atoms with E-state index in [0.717, 1.165) is 30.5 Å². The Morgan fingerprint density at radius 3 is 2.74 bits per heavy atom. The summed E-state index contributed by atoms with van der Waals surface area (Å²) in [7, 11) is 0.486. The van der Waals surface area contributed by atoms with Gasteiger partial charge in [-0.05, 0) is 57.1 Å². The molecule has 1 atom stereocenters. The summed E-state index contributed by atoms with van der Waals surface area (Å²) in [6.45, 7) is 1.09. The van der Waals surface area contributed by atoms with Crippen molar-refractivity contribution in [1.82, 2.24) is 9.21 Å². The molecule has 1 aromatic carbocycles. The van der Waals surface area contributed by atoms with Gasteiger partial charge in [0, 0.05) is 31.2 Å². The first-order valence-electron chi connectivity index (χ1n) is 7.97. The molecule has 0 saturated carbocycles. The molecule has 23 heavy (non-hydrogen) atoms. The summed E-state index contributed by atoms with van der Waals surface area (Å²) in [5.74, 6) is -0.00674. The van der Waals surface area contributed by atoms with Gasteiger partial charge in [-0.15, -0.1) is 0 Å². The van der Waals surface area contributed by atoms with Crippen LogP contribution in [0.25, 0.3) is 0 Å². The van der Waals surface area contributed by atoms with Gasteiger partial charge in [-0.1, -0.05) is 0 Å². The van der Waals surface area contributed by atoms with E-state index >= 15 is 0 Å². The van der Waals surface area contributed by atoms with Gasteiger partial charge >= 0.3 is 0 Å². The third kappa shape index (κ3) is 3.27. The molecule has 2 aliphatic heterocycles. The minimum absolute atomic E-state index is 0.00674. The number of benzene rings is 1. The molecule has 0 aromatic heterocycles. The highest BCUT2D eigenvalue weighted by Gasteiger charge is 2.33. The molecule has 2 heterocycles. The zero-order valence-corrected chi connectivity index (χ0v) is 14.4. The Hall–Kier alpha value is -1.44. The molecule has 1 saturated heterocycles. The fourth-order valence-electron chi connectivity index (χ4n) is 3.21. The highest BCUT2D eigenvalue weighted by molar-refractivity contribution is 7.89. The number of aryl methyl sites for hydroxylation is 1. The fourth-order valence-corrected chi connectivity index (χ4v) is 4.75. The largest absolute Gasteiger partial charge is 0.326 e. The summed E-state index contributed by atoms with van der Waals surface area (Å²) < 4.78 is 27.3. The Morgan fingerprint density at radius 2 is 2.04 bits per heavy atom. The van der Waals surface area contributed by atoms with Crippen molar-refractivity contribution in [2.45, 2.75) is 36.6 Å². The van der Waals surface area contributed by atoms with Crippen LogP contribution in [0.2, 0.25) is 0 Å². The molecule has 126 valence electrons. The van der Waals surface area contributed by atoms with Crippen molar-refractivity contribution in [3.05, 3.63) is 23.8 Å². The van der Waals surface area contributed by atoms with E-state index in [1.165, 1.54) is 0 Å². The number of hydrogen-bond acceptors (Lipinski definition) is 4. The highest BCUT2D eigenvalue weighted by Crippen LogP contribution is 2.28. The van der Waals surface area contributed by atoms with Gasteiger partial charge in [0.1, 0.15) is 0 Å². The number of nitrogens with zero attached hydrogens (tertiary/aromatic N) is 2. The fraction of sp³-hybridized carbons (Fsp3) is 0.562. The zero-order valence-electron chi connectivity index (χ0n) is 13.6. The number of likely N-dealkylation sites (N-methyl/N-ethyl adjacent to an activating group) is 1. The summed E-state index contributed by atoms with van der Waals surface area (Å²) in [6.07, 6.45) is 2.80. The summed E-state index contributed by atoms with van der Waals surface area (Å²) in [5.41, 5.74) is 1.64. The van der Waals surface area contributed by atoms with Crippen molar-refractivity contribution < 1.29 is 13.2 Å². The van der Waals surface area contributed by atoms with E-state index in [1.54, 1.807) is 22.5 Å². The van der Waals surface area contributed by atoms with Crippen LogP contribution in [0, 0.1) is 0 Å². The van der Waals surface area contributed by atoms with E-state index in [9.17, 15) is 13.2 Å². The van der Waals surface area contributed by atoms with Gasteiger partial charge < -0.3 is 10.2 Å². The molecule has 0 spiro atoms. The predicted molar refractivity (Wildman–Crippen MR) is 88.9 cm³/mol. The van der Waals surface area contributed by atoms with Gasteiger partial charge in [-0.2, -0.15) is 4.31 Å². The Bertz CT molecular complexity index is 715. The smallest absolute Gasteiger partial charge is 0.243 e. The van der Waals surface area contributed by atoms with Gasteiger partial charge in [0.15, 0.2) is 0 Å². The molecule has 0 aliphatic carbocycles. The van der Waals surface area contributed by atoms with Gasteiger partial charge in [0.25, 0.3) is 0 Å². The lowest BCUT2D eigenvalue weighted by atomic mass is 10.1. The van der Waals surface area contributed by atoms with E-state index in [0.29, 0.717) is 24.4 Å². The molecule has 0 radical (unpaired) electrons. The quantitative estimate of drug-likeness (QED) is 0.902. The SMILES string of the molecule is CN(C)C1CCN(S(=O)(=O)c2ccc3c(c2)CCCC(=O)N3)C1. The molecular weight excluding hydrogens is 314 g/mol. The molecule has 2 aliphatic rings. The maximum Gasteiger partial charge on any atom is 0.243 e. The molecule has 1 unspecified atom stereocenters. The van der Waals surface area contributed by atoms with Gasteiger partial charge in [-0.25, -0.2) is 8.42 Å². The van der Waals surface area contributed by atoms with Gasteiger partial charge in [-0.3, -0.25) is 4.79 Å².